The summed E-state index contributed by atoms with van der Waals surface area (Å²) < 4.78 is 28.6. The Morgan fingerprint density at radius 2 is 2.11 bits per heavy atom. The van der Waals surface area contributed by atoms with E-state index >= 15 is 0 Å². The number of piperazine rings is 1. The summed E-state index contributed by atoms with van der Waals surface area (Å²) in [6.45, 7) is 4.54. The largest absolute Gasteiger partial charge is 0.374 e. The topological polar surface area (TPSA) is 58.6 Å². The number of hydrogen-bond acceptors (Lipinski definition) is 3. The second-order valence-electron chi connectivity index (χ2n) is 4.82. The number of ether oxygens (including phenoxy) is 1. The molecule has 0 aromatic rings. The highest BCUT2D eigenvalue weighted by Gasteiger charge is 2.44. The SMILES string of the molecule is CCC1(C)NC(=O)C(C)N(CCOCC(F)F)C1=O. The molecule has 0 spiro atoms. The zero-order valence-corrected chi connectivity index (χ0v) is 11.4. The Balaban J connectivity index is 2.63. The number of carbonyl (C=O) groups is 2. The summed E-state index contributed by atoms with van der Waals surface area (Å²) in [5.41, 5.74) is -0.924. The van der Waals surface area contributed by atoms with Gasteiger partial charge in [0.1, 0.15) is 18.2 Å². The summed E-state index contributed by atoms with van der Waals surface area (Å²) in [5.74, 6) is -0.444. The molecule has 2 amide bonds. The molecule has 1 N–H and O–H groups in total. The van der Waals surface area contributed by atoms with Gasteiger partial charge in [0.25, 0.3) is 6.43 Å². The van der Waals surface area contributed by atoms with Gasteiger partial charge in [-0.05, 0) is 20.3 Å². The van der Waals surface area contributed by atoms with Gasteiger partial charge in [0, 0.05) is 6.54 Å². The molecular formula is C12H20F2N2O3. The molecule has 0 bridgehead atoms. The van der Waals surface area contributed by atoms with Crippen LogP contribution in [0.5, 0.6) is 0 Å². The first-order valence-electron chi connectivity index (χ1n) is 6.31. The fourth-order valence-electron chi connectivity index (χ4n) is 1.93. The van der Waals surface area contributed by atoms with Crippen molar-refractivity contribution < 1.29 is 23.1 Å². The van der Waals surface area contributed by atoms with Crippen LogP contribution in [0.25, 0.3) is 0 Å². The van der Waals surface area contributed by atoms with Crippen molar-refractivity contribution in [3.05, 3.63) is 0 Å². The van der Waals surface area contributed by atoms with Crippen molar-refractivity contribution in [2.45, 2.75) is 45.2 Å². The van der Waals surface area contributed by atoms with Crippen LogP contribution >= 0.6 is 0 Å². The fraction of sp³-hybridized carbons (Fsp3) is 0.833. The minimum absolute atomic E-state index is 0.00645. The average Bonchev–Trinajstić information content (AvgIpc) is 2.35. The lowest BCUT2D eigenvalue weighted by Crippen LogP contribution is -2.68. The van der Waals surface area contributed by atoms with Crippen LogP contribution in [0, 0.1) is 0 Å². The van der Waals surface area contributed by atoms with E-state index in [-0.39, 0.29) is 25.0 Å². The lowest BCUT2D eigenvalue weighted by atomic mass is 9.92. The van der Waals surface area contributed by atoms with Gasteiger partial charge in [0.05, 0.1) is 6.61 Å². The van der Waals surface area contributed by atoms with Gasteiger partial charge in [-0.1, -0.05) is 6.92 Å². The number of nitrogens with zero attached hydrogens (tertiary/aromatic N) is 1. The number of nitrogens with one attached hydrogen (secondary N) is 1. The number of carbonyl (C=O) groups excluding carboxylic acids is 2. The van der Waals surface area contributed by atoms with Gasteiger partial charge >= 0.3 is 0 Å². The van der Waals surface area contributed by atoms with E-state index in [0.717, 1.165) is 0 Å². The Bertz CT molecular complexity index is 352. The maximum atomic E-state index is 12.3. The van der Waals surface area contributed by atoms with Crippen molar-refractivity contribution in [3.63, 3.8) is 0 Å². The summed E-state index contributed by atoms with van der Waals surface area (Å²) in [7, 11) is 0. The second-order valence-corrected chi connectivity index (χ2v) is 4.82. The maximum absolute atomic E-state index is 12.3. The van der Waals surface area contributed by atoms with Crippen molar-refractivity contribution in [1.82, 2.24) is 10.2 Å². The van der Waals surface area contributed by atoms with Crippen molar-refractivity contribution in [2.24, 2.45) is 0 Å². The maximum Gasteiger partial charge on any atom is 0.261 e. The molecule has 19 heavy (non-hydrogen) atoms. The molecule has 2 unspecified atom stereocenters. The van der Waals surface area contributed by atoms with Crippen molar-refractivity contribution >= 4 is 11.8 Å². The van der Waals surface area contributed by atoms with Crippen LogP contribution in [0.1, 0.15) is 27.2 Å². The molecule has 1 saturated heterocycles. The zero-order valence-electron chi connectivity index (χ0n) is 11.4. The standard InChI is InChI=1S/C12H20F2N2O3/c1-4-12(3)11(18)16(8(2)10(17)15-12)5-6-19-7-9(13)14/h8-9H,4-7H2,1-3H3,(H,15,17). The number of halogens is 2. The first-order chi connectivity index (χ1) is 8.81. The van der Waals surface area contributed by atoms with Crippen LogP contribution in [-0.4, -0.2) is 54.5 Å². The first kappa shape index (κ1) is 15.8. The molecule has 1 heterocycles. The van der Waals surface area contributed by atoms with Crippen molar-refractivity contribution in [3.8, 4) is 0 Å². The lowest BCUT2D eigenvalue weighted by Gasteiger charge is -2.42. The highest BCUT2D eigenvalue weighted by molar-refractivity contribution is 5.99. The first-order valence-corrected chi connectivity index (χ1v) is 6.31. The third kappa shape index (κ3) is 3.62. The van der Waals surface area contributed by atoms with Crippen molar-refractivity contribution in [2.75, 3.05) is 19.8 Å². The number of hydrogen-bond donors (Lipinski definition) is 1. The smallest absolute Gasteiger partial charge is 0.261 e. The summed E-state index contributed by atoms with van der Waals surface area (Å²) in [6, 6.07) is -0.609. The average molecular weight is 278 g/mol. The molecule has 0 aromatic heterocycles. The molecule has 110 valence electrons. The molecule has 1 fully saturated rings. The Hall–Kier alpha value is -1.24. The molecule has 1 rings (SSSR count). The van der Waals surface area contributed by atoms with Crippen LogP contribution in [-0.2, 0) is 14.3 Å². The van der Waals surface area contributed by atoms with E-state index < -0.39 is 24.6 Å². The molecule has 0 radical (unpaired) electrons. The third-order valence-corrected chi connectivity index (χ3v) is 3.41. The molecule has 1 aliphatic rings. The molecule has 5 nitrogen and oxygen atoms in total. The molecule has 0 saturated carbocycles. The van der Waals surface area contributed by atoms with Gasteiger partial charge in [-0.2, -0.15) is 0 Å². The third-order valence-electron chi connectivity index (χ3n) is 3.41. The van der Waals surface area contributed by atoms with E-state index in [1.54, 1.807) is 20.8 Å². The van der Waals surface area contributed by atoms with E-state index in [4.69, 9.17) is 4.74 Å². The van der Waals surface area contributed by atoms with E-state index in [2.05, 4.69) is 5.32 Å². The van der Waals surface area contributed by atoms with Gasteiger partial charge in [0.15, 0.2) is 0 Å². The molecule has 1 aliphatic heterocycles. The molecule has 2 atom stereocenters. The van der Waals surface area contributed by atoms with Gasteiger partial charge < -0.3 is 15.0 Å². The van der Waals surface area contributed by atoms with Crippen LogP contribution < -0.4 is 5.32 Å². The molecular weight excluding hydrogens is 258 g/mol. The monoisotopic (exact) mass is 278 g/mol. The Morgan fingerprint density at radius 3 is 2.63 bits per heavy atom. The van der Waals surface area contributed by atoms with Crippen LogP contribution in [0.4, 0.5) is 8.78 Å². The predicted molar refractivity (Wildman–Crippen MR) is 64.8 cm³/mol. The van der Waals surface area contributed by atoms with E-state index in [1.165, 1.54) is 4.90 Å². The van der Waals surface area contributed by atoms with Crippen LogP contribution in [0.2, 0.25) is 0 Å². The molecule has 0 aromatic carbocycles. The Kier molecular flexibility index (Phi) is 5.22. The van der Waals surface area contributed by atoms with Crippen molar-refractivity contribution in [1.29, 1.82) is 0 Å². The second kappa shape index (κ2) is 6.27. The zero-order chi connectivity index (χ0) is 14.6. The number of rotatable bonds is 6. The quantitative estimate of drug-likeness (QED) is 0.731. The fourth-order valence-corrected chi connectivity index (χ4v) is 1.93. The summed E-state index contributed by atoms with van der Waals surface area (Å²) in [5, 5.41) is 2.69. The molecule has 0 aliphatic carbocycles. The summed E-state index contributed by atoms with van der Waals surface area (Å²) in [6.07, 6.45) is -2.06. The summed E-state index contributed by atoms with van der Waals surface area (Å²) in [4.78, 5) is 25.5. The number of amides is 2. The van der Waals surface area contributed by atoms with Gasteiger partial charge in [-0.3, -0.25) is 9.59 Å². The van der Waals surface area contributed by atoms with E-state index in [9.17, 15) is 18.4 Å². The van der Waals surface area contributed by atoms with E-state index in [1.807, 2.05) is 0 Å². The molecule has 7 heteroatoms. The Labute approximate surface area is 111 Å². The summed E-state index contributed by atoms with van der Waals surface area (Å²) >= 11 is 0. The highest BCUT2D eigenvalue weighted by Crippen LogP contribution is 2.21. The minimum Gasteiger partial charge on any atom is -0.374 e. The van der Waals surface area contributed by atoms with Gasteiger partial charge in [-0.25, -0.2) is 8.78 Å². The lowest BCUT2D eigenvalue weighted by molar-refractivity contribution is -0.154. The van der Waals surface area contributed by atoms with Crippen LogP contribution in [0.15, 0.2) is 0 Å². The number of alkyl halides is 2. The minimum atomic E-state index is -2.53. The normalized spacial score (nSPS) is 27.9. The van der Waals surface area contributed by atoms with Gasteiger partial charge in [-0.15, -0.1) is 0 Å². The van der Waals surface area contributed by atoms with Gasteiger partial charge in [0.2, 0.25) is 11.8 Å². The van der Waals surface area contributed by atoms with E-state index in [0.29, 0.717) is 6.42 Å². The predicted octanol–water partition coefficient (Wildman–Crippen LogP) is 0.784. The Morgan fingerprint density at radius 1 is 1.47 bits per heavy atom. The highest BCUT2D eigenvalue weighted by atomic mass is 19.3. The van der Waals surface area contributed by atoms with Crippen LogP contribution in [0.3, 0.4) is 0 Å².